The maximum absolute atomic E-state index is 13.3. The Balaban J connectivity index is 1.87. The van der Waals surface area contributed by atoms with Crippen LogP contribution in [0, 0.1) is 0 Å². The zero-order valence-electron chi connectivity index (χ0n) is 19.2. The molecule has 1 heterocycles. The molecule has 0 bridgehead atoms. The van der Waals surface area contributed by atoms with Crippen molar-refractivity contribution in [2.45, 2.75) is 56.7 Å². The van der Waals surface area contributed by atoms with Gasteiger partial charge in [-0.3, -0.25) is 4.79 Å². The normalized spacial score (nSPS) is 20.1. The monoisotopic (exact) mass is 502 g/mol. The summed E-state index contributed by atoms with van der Waals surface area (Å²) in [6.07, 6.45) is -10.1. The zero-order chi connectivity index (χ0) is 25.8. The molecule has 3 atom stereocenters. The number of hydrogen-bond donors (Lipinski definition) is 1. The number of ether oxygens (including phenoxy) is 1. The minimum absolute atomic E-state index is 0.0458. The highest BCUT2D eigenvalue weighted by Gasteiger charge is 2.38. The third kappa shape index (κ3) is 6.98. The first-order valence-corrected chi connectivity index (χ1v) is 11.4. The lowest BCUT2D eigenvalue weighted by atomic mass is 9.87. The van der Waals surface area contributed by atoms with Crippen molar-refractivity contribution >= 4 is 5.91 Å². The summed E-state index contributed by atoms with van der Waals surface area (Å²) in [4.78, 5) is 14.3. The molecule has 0 radical (unpaired) electrons. The second-order valence-electron chi connectivity index (χ2n) is 8.69. The number of hydrogen-bond acceptors (Lipinski definition) is 3. The number of alkyl halides is 6. The maximum atomic E-state index is 13.3. The smallest absolute Gasteiger partial charge is 0.370 e. The van der Waals surface area contributed by atoms with Crippen molar-refractivity contribution in [3.63, 3.8) is 0 Å². The molecule has 192 valence electrons. The SMILES string of the molecule is C[C@@H](O[C@H]1CCN(C(=O)CCCN)C[C@H]1c1ccccc1)c1cc(C(F)(F)F)cc(C(F)(F)F)c1. The van der Waals surface area contributed by atoms with Crippen molar-refractivity contribution in [3.05, 3.63) is 70.8 Å². The molecule has 1 aliphatic heterocycles. The van der Waals surface area contributed by atoms with Gasteiger partial charge in [-0.05, 0) is 55.6 Å². The zero-order valence-corrected chi connectivity index (χ0v) is 19.2. The highest BCUT2D eigenvalue weighted by Crippen LogP contribution is 2.39. The van der Waals surface area contributed by atoms with Crippen LogP contribution in [0.4, 0.5) is 26.3 Å². The Morgan fingerprint density at radius 3 is 2.20 bits per heavy atom. The molecule has 2 aromatic rings. The van der Waals surface area contributed by atoms with Crippen LogP contribution in [0.25, 0.3) is 0 Å². The first kappa shape index (κ1) is 27.0. The fraction of sp³-hybridized carbons (Fsp3) is 0.480. The number of halogens is 6. The van der Waals surface area contributed by atoms with Gasteiger partial charge in [0.05, 0.1) is 23.3 Å². The number of amides is 1. The van der Waals surface area contributed by atoms with Crippen molar-refractivity contribution in [2.24, 2.45) is 5.73 Å². The number of nitrogens with zero attached hydrogens (tertiary/aromatic N) is 1. The third-order valence-electron chi connectivity index (χ3n) is 6.18. The standard InChI is InChI=1S/C25H28F6N2O2/c1-16(18-12-19(24(26,27)28)14-20(13-18)25(29,30)31)35-22-9-11-33(23(34)8-5-10-32)15-21(22)17-6-3-2-4-7-17/h2-4,6-7,12-14,16,21-22H,5,8-11,15,32H2,1H3/t16-,21+,22+/m1/s1. The predicted molar refractivity (Wildman–Crippen MR) is 118 cm³/mol. The Hall–Kier alpha value is -2.59. The highest BCUT2D eigenvalue weighted by molar-refractivity contribution is 5.76. The van der Waals surface area contributed by atoms with Gasteiger partial charge in [-0.25, -0.2) is 0 Å². The van der Waals surface area contributed by atoms with Crippen LogP contribution < -0.4 is 5.73 Å². The van der Waals surface area contributed by atoms with E-state index in [1.54, 1.807) is 4.90 Å². The van der Waals surface area contributed by atoms with Crippen LogP contribution in [0.3, 0.4) is 0 Å². The summed E-state index contributed by atoms with van der Waals surface area (Å²) in [6, 6.07) is 10.7. The van der Waals surface area contributed by atoms with Gasteiger partial charge < -0.3 is 15.4 Å². The predicted octanol–water partition coefficient (Wildman–Crippen LogP) is 5.93. The quantitative estimate of drug-likeness (QED) is 0.478. The van der Waals surface area contributed by atoms with E-state index in [1.807, 2.05) is 30.3 Å². The van der Waals surface area contributed by atoms with Gasteiger partial charge in [0.25, 0.3) is 0 Å². The lowest BCUT2D eigenvalue weighted by Crippen LogP contribution is -2.46. The molecule has 3 rings (SSSR count). The van der Waals surface area contributed by atoms with E-state index in [4.69, 9.17) is 10.5 Å². The van der Waals surface area contributed by atoms with E-state index in [0.717, 1.165) is 5.56 Å². The Morgan fingerprint density at radius 1 is 1.06 bits per heavy atom. The summed E-state index contributed by atoms with van der Waals surface area (Å²) in [5, 5.41) is 0. The Labute approximate surface area is 200 Å². The summed E-state index contributed by atoms with van der Waals surface area (Å²) in [5.74, 6) is -0.335. The molecular weight excluding hydrogens is 474 g/mol. The second kappa shape index (κ2) is 11.0. The van der Waals surface area contributed by atoms with Crippen LogP contribution in [-0.4, -0.2) is 36.5 Å². The van der Waals surface area contributed by atoms with Gasteiger partial charge in [0.15, 0.2) is 0 Å². The molecule has 0 unspecified atom stereocenters. The molecule has 1 amide bonds. The van der Waals surface area contributed by atoms with Crippen molar-refractivity contribution in [3.8, 4) is 0 Å². The number of carbonyl (C=O) groups is 1. The first-order chi connectivity index (χ1) is 16.4. The lowest BCUT2D eigenvalue weighted by Gasteiger charge is -2.40. The van der Waals surface area contributed by atoms with Crippen LogP contribution in [0.15, 0.2) is 48.5 Å². The topological polar surface area (TPSA) is 55.6 Å². The van der Waals surface area contributed by atoms with Crippen LogP contribution in [0.1, 0.15) is 60.5 Å². The number of likely N-dealkylation sites (tertiary alicyclic amines) is 1. The van der Waals surface area contributed by atoms with E-state index in [9.17, 15) is 31.1 Å². The molecule has 2 aromatic carbocycles. The molecule has 1 aliphatic rings. The molecule has 1 saturated heterocycles. The minimum atomic E-state index is -4.93. The van der Waals surface area contributed by atoms with Crippen LogP contribution in [-0.2, 0) is 21.9 Å². The van der Waals surface area contributed by atoms with Gasteiger partial charge >= 0.3 is 12.4 Å². The summed E-state index contributed by atoms with van der Waals surface area (Å²) < 4.78 is 85.9. The van der Waals surface area contributed by atoms with E-state index in [0.29, 0.717) is 51.0 Å². The largest absolute Gasteiger partial charge is 0.416 e. The number of piperidine rings is 1. The first-order valence-electron chi connectivity index (χ1n) is 11.4. The van der Waals surface area contributed by atoms with Gasteiger partial charge in [0, 0.05) is 25.4 Å². The maximum Gasteiger partial charge on any atom is 0.416 e. The van der Waals surface area contributed by atoms with E-state index in [-0.39, 0.29) is 23.5 Å². The van der Waals surface area contributed by atoms with Gasteiger partial charge in [0.1, 0.15) is 0 Å². The molecule has 2 N–H and O–H groups in total. The molecule has 0 saturated carbocycles. The van der Waals surface area contributed by atoms with Crippen LogP contribution in [0.5, 0.6) is 0 Å². The molecule has 10 heteroatoms. The van der Waals surface area contributed by atoms with E-state index >= 15 is 0 Å². The van der Waals surface area contributed by atoms with Crippen molar-refractivity contribution < 1.29 is 35.9 Å². The fourth-order valence-corrected chi connectivity index (χ4v) is 4.31. The molecule has 1 fully saturated rings. The van der Waals surface area contributed by atoms with E-state index < -0.39 is 35.7 Å². The second-order valence-corrected chi connectivity index (χ2v) is 8.69. The van der Waals surface area contributed by atoms with Crippen molar-refractivity contribution in [1.82, 2.24) is 4.90 Å². The Kier molecular flexibility index (Phi) is 8.48. The average Bonchev–Trinajstić information content (AvgIpc) is 2.81. The highest BCUT2D eigenvalue weighted by atomic mass is 19.4. The Bertz CT molecular complexity index is 961. The summed E-state index contributed by atoms with van der Waals surface area (Å²) in [5.41, 5.74) is 3.41. The van der Waals surface area contributed by atoms with Gasteiger partial charge in [0.2, 0.25) is 5.91 Å². The van der Waals surface area contributed by atoms with E-state index in [1.165, 1.54) is 6.92 Å². The number of nitrogens with two attached hydrogens (primary N) is 1. The number of rotatable bonds is 7. The Morgan fingerprint density at radius 2 is 1.66 bits per heavy atom. The van der Waals surface area contributed by atoms with Crippen LogP contribution >= 0.6 is 0 Å². The summed E-state index contributed by atoms with van der Waals surface area (Å²) >= 11 is 0. The minimum Gasteiger partial charge on any atom is -0.370 e. The lowest BCUT2D eigenvalue weighted by molar-refractivity contribution is -0.143. The summed E-state index contributed by atoms with van der Waals surface area (Å²) in [6.45, 7) is 2.54. The van der Waals surface area contributed by atoms with Crippen LogP contribution in [0.2, 0.25) is 0 Å². The molecule has 0 aromatic heterocycles. The van der Waals surface area contributed by atoms with E-state index in [2.05, 4.69) is 0 Å². The van der Waals surface area contributed by atoms with Gasteiger partial charge in [-0.15, -0.1) is 0 Å². The molecule has 35 heavy (non-hydrogen) atoms. The fourth-order valence-electron chi connectivity index (χ4n) is 4.31. The molecule has 0 aliphatic carbocycles. The average molecular weight is 502 g/mol. The summed E-state index contributed by atoms with van der Waals surface area (Å²) in [7, 11) is 0. The molecule has 4 nitrogen and oxygen atoms in total. The number of carbonyl (C=O) groups excluding carboxylic acids is 1. The van der Waals surface area contributed by atoms with Gasteiger partial charge in [-0.1, -0.05) is 30.3 Å². The van der Waals surface area contributed by atoms with Gasteiger partial charge in [-0.2, -0.15) is 26.3 Å². The van der Waals surface area contributed by atoms with Crippen molar-refractivity contribution in [2.75, 3.05) is 19.6 Å². The van der Waals surface area contributed by atoms with Crippen molar-refractivity contribution in [1.29, 1.82) is 0 Å². The third-order valence-corrected chi connectivity index (χ3v) is 6.18. The number of benzene rings is 2. The molecular formula is C25H28F6N2O2. The molecule has 0 spiro atoms.